The molecule has 1 aliphatic heterocycles. The lowest BCUT2D eigenvalue weighted by Crippen LogP contribution is -2.51. The average molecular weight is 397 g/mol. The number of anilines is 1. The summed E-state index contributed by atoms with van der Waals surface area (Å²) in [4.78, 5) is 25.2. The number of benzene rings is 2. The number of ether oxygens (including phenoxy) is 2. The van der Waals surface area contributed by atoms with Gasteiger partial charge in [0.15, 0.2) is 11.5 Å². The molecule has 1 heterocycles. The molecule has 29 heavy (non-hydrogen) atoms. The molecule has 2 aromatic rings. The molecule has 0 saturated carbocycles. The monoisotopic (exact) mass is 397 g/mol. The minimum atomic E-state index is -0.668. The third-order valence-electron chi connectivity index (χ3n) is 4.69. The molecule has 2 aromatic carbocycles. The van der Waals surface area contributed by atoms with Crippen molar-refractivity contribution in [2.45, 2.75) is 32.9 Å². The molecular weight excluding hydrogens is 370 g/mol. The van der Waals surface area contributed by atoms with Crippen LogP contribution in [-0.4, -0.2) is 31.2 Å². The first-order chi connectivity index (χ1) is 13.9. The van der Waals surface area contributed by atoms with Crippen molar-refractivity contribution in [2.24, 2.45) is 5.92 Å². The van der Waals surface area contributed by atoms with Gasteiger partial charge >= 0.3 is 6.03 Å². The first kappa shape index (κ1) is 20.5. The van der Waals surface area contributed by atoms with Crippen LogP contribution in [0.15, 0.2) is 48.5 Å². The molecule has 2 atom stereocenters. The topological polar surface area (TPSA) is 88.7 Å². The number of carbonyl (C=O) groups is 2. The van der Waals surface area contributed by atoms with Gasteiger partial charge in [0.25, 0.3) is 0 Å². The van der Waals surface area contributed by atoms with Crippen molar-refractivity contribution >= 4 is 17.6 Å². The van der Waals surface area contributed by atoms with Gasteiger partial charge < -0.3 is 25.4 Å². The Hall–Kier alpha value is -3.22. The van der Waals surface area contributed by atoms with Crippen LogP contribution in [0.25, 0.3) is 0 Å². The Morgan fingerprint density at radius 1 is 0.897 bits per heavy atom. The smallest absolute Gasteiger partial charge is 0.319 e. The fraction of sp³-hybridized carbons (Fsp3) is 0.364. The van der Waals surface area contributed by atoms with Gasteiger partial charge in [-0.25, -0.2) is 4.79 Å². The van der Waals surface area contributed by atoms with Crippen molar-refractivity contribution in [3.05, 3.63) is 54.1 Å². The van der Waals surface area contributed by atoms with Crippen molar-refractivity contribution in [3.8, 4) is 11.5 Å². The molecule has 7 heteroatoms. The number of rotatable bonds is 6. The standard InChI is InChI=1S/C22H27N3O4/c1-14(2)20(25-22(27)24-17-7-5-4-6-8-17)21(26)23-15(3)16-9-10-18-19(13-16)29-12-11-28-18/h4-10,13-15,20H,11-12H2,1-3H3,(H,23,26)(H2,24,25,27)/t15-,20-/m0/s1. The van der Waals surface area contributed by atoms with E-state index in [1.165, 1.54) is 0 Å². The van der Waals surface area contributed by atoms with Crippen LogP contribution in [0.4, 0.5) is 10.5 Å². The van der Waals surface area contributed by atoms with Crippen LogP contribution in [0.5, 0.6) is 11.5 Å². The highest BCUT2D eigenvalue weighted by Crippen LogP contribution is 2.32. The van der Waals surface area contributed by atoms with E-state index in [-0.39, 0.29) is 17.9 Å². The Morgan fingerprint density at radius 2 is 1.59 bits per heavy atom. The molecule has 3 rings (SSSR count). The summed E-state index contributed by atoms with van der Waals surface area (Å²) < 4.78 is 11.1. The lowest BCUT2D eigenvalue weighted by molar-refractivity contribution is -0.124. The molecule has 3 N–H and O–H groups in total. The maximum absolute atomic E-state index is 12.8. The largest absolute Gasteiger partial charge is 0.486 e. The summed E-state index contributed by atoms with van der Waals surface area (Å²) in [5.41, 5.74) is 1.57. The van der Waals surface area contributed by atoms with E-state index in [1.807, 2.05) is 57.2 Å². The number of hydrogen-bond donors (Lipinski definition) is 3. The first-order valence-corrected chi connectivity index (χ1v) is 9.76. The van der Waals surface area contributed by atoms with E-state index in [0.29, 0.717) is 30.4 Å². The first-order valence-electron chi connectivity index (χ1n) is 9.76. The average Bonchev–Trinajstić information content (AvgIpc) is 2.72. The predicted octanol–water partition coefficient (Wildman–Crippen LogP) is 3.48. The van der Waals surface area contributed by atoms with Crippen molar-refractivity contribution in [2.75, 3.05) is 18.5 Å². The summed E-state index contributed by atoms with van der Waals surface area (Å²) in [6.45, 7) is 6.72. The second kappa shape index (κ2) is 9.32. The lowest BCUT2D eigenvalue weighted by Gasteiger charge is -2.25. The zero-order chi connectivity index (χ0) is 20.8. The number of hydrogen-bond acceptors (Lipinski definition) is 4. The SMILES string of the molecule is CC(C)[C@H](NC(=O)Nc1ccccc1)C(=O)N[C@@H](C)c1ccc2c(c1)OCCO2. The number of amides is 3. The number of carbonyl (C=O) groups excluding carboxylic acids is 2. The van der Waals surface area contributed by atoms with Crippen LogP contribution in [0.2, 0.25) is 0 Å². The van der Waals surface area contributed by atoms with Crippen LogP contribution in [-0.2, 0) is 4.79 Å². The van der Waals surface area contributed by atoms with Gasteiger partial charge in [-0.05, 0) is 42.7 Å². The van der Waals surface area contributed by atoms with Crippen LogP contribution >= 0.6 is 0 Å². The molecule has 7 nitrogen and oxygen atoms in total. The van der Waals surface area contributed by atoms with E-state index < -0.39 is 12.1 Å². The fourth-order valence-corrected chi connectivity index (χ4v) is 3.08. The molecule has 0 fully saturated rings. The lowest BCUT2D eigenvalue weighted by atomic mass is 10.0. The van der Waals surface area contributed by atoms with Gasteiger partial charge in [-0.3, -0.25) is 4.79 Å². The van der Waals surface area contributed by atoms with Crippen LogP contribution in [0, 0.1) is 5.92 Å². The van der Waals surface area contributed by atoms with Crippen molar-refractivity contribution in [1.29, 1.82) is 0 Å². The Morgan fingerprint density at radius 3 is 2.28 bits per heavy atom. The van der Waals surface area contributed by atoms with Gasteiger partial charge in [-0.1, -0.05) is 38.1 Å². The Balaban J connectivity index is 1.62. The molecule has 0 radical (unpaired) electrons. The highest BCUT2D eigenvalue weighted by molar-refractivity contribution is 5.93. The molecule has 0 aliphatic carbocycles. The van der Waals surface area contributed by atoms with Gasteiger partial charge in [0.2, 0.25) is 5.91 Å². The molecule has 0 aromatic heterocycles. The number of nitrogens with one attached hydrogen (secondary N) is 3. The van der Waals surface area contributed by atoms with Crippen LogP contribution in [0.3, 0.4) is 0 Å². The number of fused-ring (bicyclic) bond motifs is 1. The summed E-state index contributed by atoms with van der Waals surface area (Å²) in [7, 11) is 0. The third kappa shape index (κ3) is 5.40. The van der Waals surface area contributed by atoms with Gasteiger partial charge in [0.05, 0.1) is 6.04 Å². The van der Waals surface area contributed by atoms with E-state index >= 15 is 0 Å². The van der Waals surface area contributed by atoms with E-state index in [0.717, 1.165) is 5.56 Å². The van der Waals surface area contributed by atoms with Gasteiger partial charge in [0.1, 0.15) is 19.3 Å². The highest BCUT2D eigenvalue weighted by atomic mass is 16.6. The zero-order valence-electron chi connectivity index (χ0n) is 16.9. The van der Waals surface area contributed by atoms with Gasteiger partial charge in [-0.15, -0.1) is 0 Å². The van der Waals surface area contributed by atoms with Gasteiger partial charge in [-0.2, -0.15) is 0 Å². The van der Waals surface area contributed by atoms with Crippen LogP contribution in [0.1, 0.15) is 32.4 Å². The highest BCUT2D eigenvalue weighted by Gasteiger charge is 2.26. The molecular formula is C22H27N3O4. The minimum absolute atomic E-state index is 0.0796. The maximum Gasteiger partial charge on any atom is 0.319 e. The Labute approximate surface area is 170 Å². The zero-order valence-corrected chi connectivity index (χ0v) is 16.9. The van der Waals surface area contributed by atoms with E-state index in [2.05, 4.69) is 16.0 Å². The van der Waals surface area contributed by atoms with Gasteiger partial charge in [0, 0.05) is 5.69 Å². The van der Waals surface area contributed by atoms with E-state index in [1.54, 1.807) is 12.1 Å². The third-order valence-corrected chi connectivity index (χ3v) is 4.69. The van der Waals surface area contributed by atoms with Crippen LogP contribution < -0.4 is 25.4 Å². The molecule has 0 unspecified atom stereocenters. The minimum Gasteiger partial charge on any atom is -0.486 e. The number of urea groups is 1. The summed E-state index contributed by atoms with van der Waals surface area (Å²) in [6, 6.07) is 13.4. The van der Waals surface area contributed by atoms with Crippen molar-refractivity contribution < 1.29 is 19.1 Å². The maximum atomic E-state index is 12.8. The predicted molar refractivity (Wildman–Crippen MR) is 111 cm³/mol. The summed E-state index contributed by atoms with van der Waals surface area (Å²) in [5.74, 6) is 1.06. The second-order valence-electron chi connectivity index (χ2n) is 7.32. The normalized spacial score (nSPS) is 14.6. The Bertz CT molecular complexity index is 854. The summed E-state index contributed by atoms with van der Waals surface area (Å²) in [5, 5.41) is 8.48. The van der Waals surface area contributed by atoms with E-state index in [4.69, 9.17) is 9.47 Å². The molecule has 3 amide bonds. The molecule has 154 valence electrons. The second-order valence-corrected chi connectivity index (χ2v) is 7.32. The summed E-state index contributed by atoms with van der Waals surface area (Å²) >= 11 is 0. The van der Waals surface area contributed by atoms with E-state index in [9.17, 15) is 9.59 Å². The van der Waals surface area contributed by atoms with Crippen molar-refractivity contribution in [3.63, 3.8) is 0 Å². The molecule has 0 saturated heterocycles. The molecule has 1 aliphatic rings. The molecule has 0 spiro atoms. The quantitative estimate of drug-likeness (QED) is 0.696. The fourth-order valence-electron chi connectivity index (χ4n) is 3.08. The Kier molecular flexibility index (Phi) is 6.59. The molecule has 0 bridgehead atoms. The number of para-hydroxylation sites is 1. The van der Waals surface area contributed by atoms with Crippen molar-refractivity contribution in [1.82, 2.24) is 10.6 Å². The summed E-state index contributed by atoms with van der Waals surface area (Å²) in [6.07, 6.45) is 0.